The summed E-state index contributed by atoms with van der Waals surface area (Å²) in [5.41, 5.74) is 4.36. The van der Waals surface area contributed by atoms with Crippen LogP contribution in [0.25, 0.3) is 0 Å². The zero-order valence-electron chi connectivity index (χ0n) is 21.6. The Labute approximate surface area is 219 Å². The molecule has 0 aliphatic carbocycles. The van der Waals surface area contributed by atoms with Crippen molar-refractivity contribution < 1.29 is 14.3 Å². The van der Waals surface area contributed by atoms with Gasteiger partial charge in [-0.2, -0.15) is 0 Å². The zero-order chi connectivity index (χ0) is 25.9. The van der Waals surface area contributed by atoms with Crippen molar-refractivity contribution in [1.82, 2.24) is 10.2 Å². The maximum Gasteiger partial charge on any atom is 0.243 e. The molecule has 1 N–H and O–H groups in total. The SMILES string of the molecule is COc1cccc(CN(C(=O)CSCc2ccccc2C)[C@@H](Cc2ccccc2)C(=O)NC(C)C)c1. The van der Waals surface area contributed by atoms with Gasteiger partial charge < -0.3 is 15.0 Å². The number of methoxy groups -OCH3 is 1. The largest absolute Gasteiger partial charge is 0.497 e. The molecule has 0 heterocycles. The Hall–Kier alpha value is -3.25. The Balaban J connectivity index is 1.87. The van der Waals surface area contributed by atoms with Gasteiger partial charge in [-0.25, -0.2) is 0 Å². The minimum absolute atomic E-state index is 0.0278. The summed E-state index contributed by atoms with van der Waals surface area (Å²) in [6.07, 6.45) is 0.442. The Morgan fingerprint density at radius 2 is 1.64 bits per heavy atom. The van der Waals surface area contributed by atoms with Gasteiger partial charge in [0.15, 0.2) is 0 Å². The van der Waals surface area contributed by atoms with E-state index in [1.807, 2.05) is 80.6 Å². The normalized spacial score (nSPS) is 11.7. The zero-order valence-corrected chi connectivity index (χ0v) is 22.4. The van der Waals surface area contributed by atoms with Crippen LogP contribution in [0.3, 0.4) is 0 Å². The maximum atomic E-state index is 13.7. The van der Waals surface area contributed by atoms with Crippen molar-refractivity contribution >= 4 is 23.6 Å². The summed E-state index contributed by atoms with van der Waals surface area (Å²) in [5, 5.41) is 3.03. The summed E-state index contributed by atoms with van der Waals surface area (Å²) in [7, 11) is 1.62. The number of nitrogens with one attached hydrogen (secondary N) is 1. The second-order valence-electron chi connectivity index (χ2n) is 9.16. The summed E-state index contributed by atoms with van der Waals surface area (Å²) < 4.78 is 5.39. The lowest BCUT2D eigenvalue weighted by Crippen LogP contribution is -2.52. The molecule has 0 aliphatic heterocycles. The van der Waals surface area contributed by atoms with E-state index in [2.05, 4.69) is 24.4 Å². The highest BCUT2D eigenvalue weighted by Gasteiger charge is 2.30. The molecule has 0 aromatic heterocycles. The van der Waals surface area contributed by atoms with Crippen LogP contribution in [-0.2, 0) is 28.3 Å². The number of nitrogens with zero attached hydrogens (tertiary/aromatic N) is 1. The van der Waals surface area contributed by atoms with Crippen LogP contribution < -0.4 is 10.1 Å². The van der Waals surface area contributed by atoms with Crippen molar-refractivity contribution in [2.75, 3.05) is 12.9 Å². The quantitative estimate of drug-likeness (QED) is 0.359. The smallest absolute Gasteiger partial charge is 0.243 e. The van der Waals surface area contributed by atoms with Crippen molar-refractivity contribution in [3.05, 3.63) is 101 Å². The van der Waals surface area contributed by atoms with Gasteiger partial charge in [0.1, 0.15) is 11.8 Å². The Morgan fingerprint density at radius 3 is 2.33 bits per heavy atom. The first kappa shape index (κ1) is 27.3. The van der Waals surface area contributed by atoms with E-state index in [0.29, 0.717) is 18.7 Å². The van der Waals surface area contributed by atoms with Crippen LogP contribution >= 0.6 is 11.8 Å². The van der Waals surface area contributed by atoms with Gasteiger partial charge in [0.05, 0.1) is 12.9 Å². The van der Waals surface area contributed by atoms with Crippen molar-refractivity contribution in [3.63, 3.8) is 0 Å². The lowest BCUT2D eigenvalue weighted by molar-refractivity contribution is -0.139. The number of amides is 2. The van der Waals surface area contributed by atoms with E-state index in [0.717, 1.165) is 22.6 Å². The number of aryl methyl sites for hydroxylation is 1. The minimum atomic E-state index is -0.632. The topological polar surface area (TPSA) is 58.6 Å². The molecule has 1 atom stereocenters. The summed E-state index contributed by atoms with van der Waals surface area (Å²) in [6, 6.07) is 25.1. The van der Waals surface area contributed by atoms with Crippen LogP contribution in [0.1, 0.15) is 36.1 Å². The van der Waals surface area contributed by atoms with Crippen LogP contribution in [0.15, 0.2) is 78.9 Å². The molecule has 3 rings (SSSR count). The number of carbonyl (C=O) groups excluding carboxylic acids is 2. The number of hydrogen-bond acceptors (Lipinski definition) is 4. The number of carbonyl (C=O) groups is 2. The van der Waals surface area contributed by atoms with E-state index in [1.54, 1.807) is 23.8 Å². The molecule has 0 fully saturated rings. The number of rotatable bonds is 12. The number of thioether (sulfide) groups is 1. The monoisotopic (exact) mass is 504 g/mol. The van der Waals surface area contributed by atoms with E-state index in [4.69, 9.17) is 4.74 Å². The molecule has 2 amide bonds. The van der Waals surface area contributed by atoms with E-state index in [1.165, 1.54) is 11.1 Å². The molecule has 0 bridgehead atoms. The number of hydrogen-bond donors (Lipinski definition) is 1. The summed E-state index contributed by atoms with van der Waals surface area (Å²) in [6.45, 7) is 6.27. The molecular formula is C30H36N2O3S. The Bertz CT molecular complexity index is 1130. The molecule has 6 heteroatoms. The third-order valence-electron chi connectivity index (χ3n) is 5.93. The van der Waals surface area contributed by atoms with Gasteiger partial charge in [-0.3, -0.25) is 9.59 Å². The highest BCUT2D eigenvalue weighted by atomic mass is 32.2. The standard InChI is InChI=1S/C30H36N2O3S/c1-22(2)31-30(34)28(18-24-12-6-5-7-13-24)32(19-25-14-10-16-27(17-25)35-4)29(33)21-36-20-26-15-9-8-11-23(26)3/h5-17,22,28H,18-21H2,1-4H3,(H,31,34)/t28-/m0/s1. The number of ether oxygens (including phenoxy) is 1. The molecule has 0 saturated carbocycles. The fourth-order valence-corrected chi connectivity index (χ4v) is 4.99. The van der Waals surface area contributed by atoms with Crippen LogP contribution in [0.4, 0.5) is 0 Å². The van der Waals surface area contributed by atoms with Gasteiger partial charge in [0, 0.05) is 24.8 Å². The van der Waals surface area contributed by atoms with E-state index in [9.17, 15) is 9.59 Å². The van der Waals surface area contributed by atoms with Gasteiger partial charge in [-0.1, -0.05) is 66.7 Å². The molecule has 190 valence electrons. The van der Waals surface area contributed by atoms with Crippen molar-refractivity contribution in [2.45, 2.75) is 51.6 Å². The Morgan fingerprint density at radius 1 is 0.944 bits per heavy atom. The molecule has 3 aromatic carbocycles. The van der Waals surface area contributed by atoms with Gasteiger partial charge in [-0.15, -0.1) is 11.8 Å². The van der Waals surface area contributed by atoms with Crippen molar-refractivity contribution in [3.8, 4) is 5.75 Å². The summed E-state index contributed by atoms with van der Waals surface area (Å²) in [5.74, 6) is 1.55. The molecule has 0 aliphatic rings. The predicted molar refractivity (Wildman–Crippen MR) is 148 cm³/mol. The fourth-order valence-electron chi connectivity index (χ4n) is 4.01. The van der Waals surface area contributed by atoms with Crippen LogP contribution in [-0.4, -0.2) is 41.7 Å². The third kappa shape index (κ3) is 8.16. The second-order valence-corrected chi connectivity index (χ2v) is 10.1. The molecule has 3 aromatic rings. The number of benzene rings is 3. The van der Waals surface area contributed by atoms with E-state index in [-0.39, 0.29) is 17.9 Å². The van der Waals surface area contributed by atoms with Crippen molar-refractivity contribution in [1.29, 1.82) is 0 Å². The van der Waals surface area contributed by atoms with Crippen LogP contribution in [0.5, 0.6) is 5.75 Å². The minimum Gasteiger partial charge on any atom is -0.497 e. The molecule has 36 heavy (non-hydrogen) atoms. The lowest BCUT2D eigenvalue weighted by atomic mass is 10.0. The average molecular weight is 505 g/mol. The molecule has 0 saturated heterocycles. The second kappa shape index (κ2) is 13.7. The third-order valence-corrected chi connectivity index (χ3v) is 6.90. The highest BCUT2D eigenvalue weighted by molar-refractivity contribution is 7.99. The van der Waals surface area contributed by atoms with Gasteiger partial charge in [-0.05, 0) is 55.2 Å². The highest BCUT2D eigenvalue weighted by Crippen LogP contribution is 2.21. The first-order chi connectivity index (χ1) is 17.4. The first-order valence-electron chi connectivity index (χ1n) is 12.3. The predicted octanol–water partition coefficient (Wildman–Crippen LogP) is 5.40. The summed E-state index contributed by atoms with van der Waals surface area (Å²) in [4.78, 5) is 28.8. The molecule has 0 spiro atoms. The van der Waals surface area contributed by atoms with Gasteiger partial charge in [0.2, 0.25) is 11.8 Å². The summed E-state index contributed by atoms with van der Waals surface area (Å²) >= 11 is 1.58. The maximum absolute atomic E-state index is 13.7. The van der Waals surface area contributed by atoms with E-state index < -0.39 is 6.04 Å². The van der Waals surface area contributed by atoms with Crippen molar-refractivity contribution in [2.24, 2.45) is 0 Å². The van der Waals surface area contributed by atoms with E-state index >= 15 is 0 Å². The molecule has 0 radical (unpaired) electrons. The molecular weight excluding hydrogens is 468 g/mol. The van der Waals surface area contributed by atoms with Crippen LogP contribution in [0, 0.1) is 6.92 Å². The average Bonchev–Trinajstić information content (AvgIpc) is 2.87. The van der Waals surface area contributed by atoms with Gasteiger partial charge >= 0.3 is 0 Å². The first-order valence-corrected chi connectivity index (χ1v) is 13.4. The molecule has 5 nitrogen and oxygen atoms in total. The fraction of sp³-hybridized carbons (Fsp3) is 0.333. The molecule has 0 unspecified atom stereocenters. The van der Waals surface area contributed by atoms with Gasteiger partial charge in [0.25, 0.3) is 0 Å². The Kier molecular flexibility index (Phi) is 10.4. The lowest BCUT2D eigenvalue weighted by Gasteiger charge is -2.32. The van der Waals surface area contributed by atoms with Crippen LogP contribution in [0.2, 0.25) is 0 Å².